The molecule has 0 spiro atoms. The van der Waals surface area contributed by atoms with E-state index in [1.54, 1.807) is 0 Å². The molecule has 0 fully saturated rings. The third kappa shape index (κ3) is 3.26. The van der Waals surface area contributed by atoms with Crippen LogP contribution in [0.15, 0.2) is 84.0 Å². The predicted octanol–water partition coefficient (Wildman–Crippen LogP) is 5.34. The van der Waals surface area contributed by atoms with Crippen molar-refractivity contribution in [1.82, 2.24) is 0 Å². The lowest BCUT2D eigenvalue weighted by atomic mass is 9.96. The number of fused-ring (bicyclic) bond motifs is 1. The summed E-state index contributed by atoms with van der Waals surface area (Å²) in [5, 5.41) is 4.72. The molecular weight excluding hydrogens is 308 g/mol. The van der Waals surface area contributed by atoms with E-state index >= 15 is 0 Å². The van der Waals surface area contributed by atoms with Gasteiger partial charge in [-0.3, -0.25) is 5.43 Å². The van der Waals surface area contributed by atoms with Crippen LogP contribution in [0.25, 0.3) is 0 Å². The molecule has 0 saturated carbocycles. The molecule has 0 saturated heterocycles. The molecule has 1 aliphatic rings. The van der Waals surface area contributed by atoms with Crippen molar-refractivity contribution in [2.24, 2.45) is 5.10 Å². The number of para-hydroxylation sites is 2. The van der Waals surface area contributed by atoms with Crippen LogP contribution in [0, 0.1) is 6.92 Å². The highest BCUT2D eigenvalue weighted by atomic mass is 16.5. The molecule has 1 aliphatic heterocycles. The number of nitrogens with zero attached hydrogens (tertiary/aromatic N) is 1. The van der Waals surface area contributed by atoms with E-state index in [0.717, 1.165) is 29.1 Å². The van der Waals surface area contributed by atoms with Gasteiger partial charge in [0.2, 0.25) is 0 Å². The second-order valence-corrected chi connectivity index (χ2v) is 6.20. The van der Waals surface area contributed by atoms with Crippen LogP contribution < -0.4 is 10.2 Å². The first kappa shape index (κ1) is 15.5. The maximum atomic E-state index is 6.22. The van der Waals surface area contributed by atoms with Crippen LogP contribution in [0.2, 0.25) is 0 Å². The Morgan fingerprint density at radius 3 is 2.44 bits per heavy atom. The molecule has 3 nitrogen and oxygen atoms in total. The van der Waals surface area contributed by atoms with Gasteiger partial charge in [0.05, 0.1) is 11.4 Å². The van der Waals surface area contributed by atoms with Crippen LogP contribution in [0.4, 0.5) is 5.69 Å². The quantitative estimate of drug-likeness (QED) is 0.659. The Morgan fingerprint density at radius 2 is 1.60 bits per heavy atom. The molecule has 0 radical (unpaired) electrons. The molecular formula is C22H20N2O. The second kappa shape index (κ2) is 6.81. The van der Waals surface area contributed by atoms with Gasteiger partial charge < -0.3 is 4.74 Å². The van der Waals surface area contributed by atoms with Crippen molar-refractivity contribution in [3.05, 3.63) is 95.6 Å². The van der Waals surface area contributed by atoms with Crippen molar-refractivity contribution >= 4 is 11.4 Å². The fraction of sp³-hybridized carbons (Fsp3) is 0.136. The summed E-state index contributed by atoms with van der Waals surface area (Å²) < 4.78 is 6.22. The fourth-order valence-corrected chi connectivity index (χ4v) is 3.07. The number of aryl methyl sites for hydroxylation is 1. The van der Waals surface area contributed by atoms with Gasteiger partial charge in [0.15, 0.2) is 0 Å². The van der Waals surface area contributed by atoms with Gasteiger partial charge in [-0.05, 0) is 36.2 Å². The lowest BCUT2D eigenvalue weighted by molar-refractivity contribution is 0.206. The monoisotopic (exact) mass is 328 g/mol. The summed E-state index contributed by atoms with van der Waals surface area (Å²) in [6.45, 7) is 2.08. The van der Waals surface area contributed by atoms with Crippen molar-refractivity contribution in [3.8, 4) is 5.75 Å². The Labute approximate surface area is 148 Å². The Kier molecular flexibility index (Phi) is 4.21. The summed E-state index contributed by atoms with van der Waals surface area (Å²) in [6, 6.07) is 26.6. The Hall–Kier alpha value is -3.07. The lowest BCUT2D eigenvalue weighted by Crippen LogP contribution is -2.21. The number of benzene rings is 3. The van der Waals surface area contributed by atoms with Crippen molar-refractivity contribution in [2.75, 3.05) is 5.43 Å². The van der Waals surface area contributed by atoms with E-state index in [4.69, 9.17) is 9.84 Å². The van der Waals surface area contributed by atoms with Crippen LogP contribution >= 0.6 is 0 Å². The van der Waals surface area contributed by atoms with Crippen molar-refractivity contribution in [2.45, 2.75) is 19.4 Å². The highest BCUT2D eigenvalue weighted by molar-refractivity contribution is 6.04. The molecule has 3 aromatic carbocycles. The highest BCUT2D eigenvalue weighted by Gasteiger charge is 2.26. The minimum Gasteiger partial charge on any atom is -0.485 e. The predicted molar refractivity (Wildman–Crippen MR) is 102 cm³/mol. The van der Waals surface area contributed by atoms with Crippen molar-refractivity contribution in [3.63, 3.8) is 0 Å². The standard InChI is InChI=1S/C22H20N2O/c1-16-9-5-7-13-19(16)23-24-20-15-22(17-10-3-2-4-11-17)25-21-14-8-6-12-18(20)21/h2-14,22-23H,15H2,1H3. The zero-order chi connectivity index (χ0) is 17.1. The van der Waals surface area contributed by atoms with Crippen LogP contribution in [-0.4, -0.2) is 5.71 Å². The molecule has 1 atom stereocenters. The number of ether oxygens (including phenoxy) is 1. The molecule has 3 heteroatoms. The number of hydrogen-bond donors (Lipinski definition) is 1. The Bertz CT molecular complexity index is 903. The Balaban J connectivity index is 1.68. The van der Waals surface area contributed by atoms with Gasteiger partial charge in [0, 0.05) is 12.0 Å². The molecule has 0 bridgehead atoms. The molecule has 4 rings (SSSR count). The summed E-state index contributed by atoms with van der Waals surface area (Å²) in [7, 11) is 0. The zero-order valence-electron chi connectivity index (χ0n) is 14.1. The molecule has 1 N–H and O–H groups in total. The fourth-order valence-electron chi connectivity index (χ4n) is 3.07. The Morgan fingerprint density at radius 1 is 0.880 bits per heavy atom. The number of rotatable bonds is 3. The van der Waals surface area contributed by atoms with Crippen LogP contribution in [0.3, 0.4) is 0 Å². The number of anilines is 1. The highest BCUT2D eigenvalue weighted by Crippen LogP contribution is 2.35. The summed E-state index contributed by atoms with van der Waals surface area (Å²) in [5.74, 6) is 0.882. The molecule has 1 unspecified atom stereocenters. The molecule has 3 aromatic rings. The first-order chi connectivity index (χ1) is 12.3. The van der Waals surface area contributed by atoms with Crippen LogP contribution in [0.1, 0.15) is 29.2 Å². The molecule has 0 aromatic heterocycles. The smallest absolute Gasteiger partial charge is 0.129 e. The summed E-state index contributed by atoms with van der Waals surface area (Å²) in [5.41, 5.74) is 8.66. The van der Waals surface area contributed by atoms with E-state index in [0.29, 0.717) is 0 Å². The first-order valence-electron chi connectivity index (χ1n) is 8.50. The van der Waals surface area contributed by atoms with Gasteiger partial charge in [-0.2, -0.15) is 5.10 Å². The largest absolute Gasteiger partial charge is 0.485 e. The van der Waals surface area contributed by atoms with Gasteiger partial charge >= 0.3 is 0 Å². The van der Waals surface area contributed by atoms with E-state index in [2.05, 4.69) is 36.6 Å². The van der Waals surface area contributed by atoms with Gasteiger partial charge in [-0.25, -0.2) is 0 Å². The van der Waals surface area contributed by atoms with E-state index in [1.807, 2.05) is 54.6 Å². The van der Waals surface area contributed by atoms with Crippen LogP contribution in [-0.2, 0) is 0 Å². The van der Waals surface area contributed by atoms with Gasteiger partial charge in [0.25, 0.3) is 0 Å². The minimum absolute atomic E-state index is 0.0199. The third-order valence-corrected chi connectivity index (χ3v) is 4.47. The molecule has 0 amide bonds. The molecule has 0 aliphatic carbocycles. The average Bonchev–Trinajstić information content (AvgIpc) is 2.67. The van der Waals surface area contributed by atoms with Crippen molar-refractivity contribution < 1.29 is 4.74 Å². The van der Waals surface area contributed by atoms with Gasteiger partial charge in [-0.15, -0.1) is 0 Å². The maximum absolute atomic E-state index is 6.22. The summed E-state index contributed by atoms with van der Waals surface area (Å²) in [6.07, 6.45) is 0.716. The lowest BCUT2D eigenvalue weighted by Gasteiger charge is -2.27. The molecule has 124 valence electrons. The number of nitrogens with one attached hydrogen (secondary N) is 1. The minimum atomic E-state index is -0.0199. The van der Waals surface area contributed by atoms with E-state index in [1.165, 1.54) is 11.1 Å². The number of hydrazone groups is 1. The summed E-state index contributed by atoms with van der Waals surface area (Å²) in [4.78, 5) is 0. The average molecular weight is 328 g/mol. The van der Waals surface area contributed by atoms with E-state index in [-0.39, 0.29) is 6.10 Å². The van der Waals surface area contributed by atoms with E-state index < -0.39 is 0 Å². The van der Waals surface area contributed by atoms with Crippen molar-refractivity contribution in [1.29, 1.82) is 0 Å². The topological polar surface area (TPSA) is 33.6 Å². The van der Waals surface area contributed by atoms with E-state index in [9.17, 15) is 0 Å². The van der Waals surface area contributed by atoms with Gasteiger partial charge in [-0.1, -0.05) is 60.7 Å². The second-order valence-electron chi connectivity index (χ2n) is 6.20. The first-order valence-corrected chi connectivity index (χ1v) is 8.50. The normalized spacial score (nSPS) is 17.6. The molecule has 1 heterocycles. The van der Waals surface area contributed by atoms with Gasteiger partial charge in [0.1, 0.15) is 11.9 Å². The third-order valence-electron chi connectivity index (χ3n) is 4.47. The maximum Gasteiger partial charge on any atom is 0.129 e. The molecule has 25 heavy (non-hydrogen) atoms. The zero-order valence-corrected chi connectivity index (χ0v) is 14.1. The summed E-state index contributed by atoms with van der Waals surface area (Å²) >= 11 is 0. The SMILES string of the molecule is Cc1ccccc1NN=C1CC(c2ccccc2)Oc2ccccc21. The number of hydrogen-bond acceptors (Lipinski definition) is 3. The van der Waals surface area contributed by atoms with Crippen LogP contribution in [0.5, 0.6) is 5.75 Å².